The predicted molar refractivity (Wildman–Crippen MR) is 97.3 cm³/mol. The molecule has 5 heteroatoms. The minimum absolute atomic E-state index is 0. The maximum absolute atomic E-state index is 3.49. The zero-order valence-corrected chi connectivity index (χ0v) is 15.3. The Labute approximate surface area is 145 Å². The van der Waals surface area contributed by atoms with Crippen molar-refractivity contribution in [3.63, 3.8) is 0 Å². The van der Waals surface area contributed by atoms with E-state index in [1.165, 1.54) is 50.1 Å². The highest BCUT2D eigenvalue weighted by molar-refractivity contribution is 7.12. The molecule has 0 bridgehead atoms. The number of piperazine rings is 1. The van der Waals surface area contributed by atoms with Crippen LogP contribution in [0.3, 0.4) is 0 Å². The van der Waals surface area contributed by atoms with Crippen molar-refractivity contribution in [1.82, 2.24) is 10.2 Å². The third kappa shape index (κ3) is 4.84. The lowest BCUT2D eigenvalue weighted by Gasteiger charge is -2.40. The topological polar surface area (TPSA) is 15.3 Å². The highest BCUT2D eigenvalue weighted by Gasteiger charge is 2.31. The average Bonchev–Trinajstić information content (AvgIpc) is 2.88. The Balaban J connectivity index is 0.00000110. The van der Waals surface area contributed by atoms with Gasteiger partial charge >= 0.3 is 0 Å². The molecule has 122 valence electrons. The lowest BCUT2D eigenvalue weighted by Crippen LogP contribution is -2.47. The first kappa shape index (κ1) is 19.2. The van der Waals surface area contributed by atoms with Crippen molar-refractivity contribution >= 4 is 36.2 Å². The molecule has 2 nitrogen and oxygen atoms in total. The molecule has 3 rings (SSSR count). The lowest BCUT2D eigenvalue weighted by molar-refractivity contribution is 0.106. The average molecular weight is 351 g/mol. The largest absolute Gasteiger partial charge is 0.314 e. The molecule has 1 aliphatic carbocycles. The van der Waals surface area contributed by atoms with Crippen LogP contribution in [0.4, 0.5) is 0 Å². The number of halogens is 2. The van der Waals surface area contributed by atoms with Crippen LogP contribution in [-0.2, 0) is 0 Å². The molecule has 2 heterocycles. The van der Waals surface area contributed by atoms with Crippen LogP contribution in [0.5, 0.6) is 0 Å². The fourth-order valence-corrected chi connectivity index (χ4v) is 4.84. The van der Waals surface area contributed by atoms with Crippen LogP contribution in [0, 0.1) is 12.8 Å². The molecule has 21 heavy (non-hydrogen) atoms. The molecule has 1 saturated heterocycles. The summed E-state index contributed by atoms with van der Waals surface area (Å²) in [5.74, 6) is 0.893. The van der Waals surface area contributed by atoms with E-state index in [1.54, 1.807) is 4.88 Å². The Bertz CT molecular complexity index is 381. The maximum Gasteiger partial charge on any atom is 0.0470 e. The van der Waals surface area contributed by atoms with Crippen molar-refractivity contribution in [3.05, 3.63) is 21.9 Å². The van der Waals surface area contributed by atoms with Gasteiger partial charge in [-0.2, -0.15) is 0 Å². The Morgan fingerprint density at radius 3 is 2.33 bits per heavy atom. The van der Waals surface area contributed by atoms with Crippen LogP contribution in [0.15, 0.2) is 12.1 Å². The molecule has 0 spiro atoms. The normalized spacial score (nSPS) is 22.1. The van der Waals surface area contributed by atoms with Crippen LogP contribution >= 0.6 is 36.2 Å². The van der Waals surface area contributed by atoms with Crippen molar-refractivity contribution in [2.24, 2.45) is 5.92 Å². The van der Waals surface area contributed by atoms with Gasteiger partial charge in [0.1, 0.15) is 0 Å². The molecule has 1 atom stereocenters. The summed E-state index contributed by atoms with van der Waals surface area (Å²) in [7, 11) is 0. The Morgan fingerprint density at radius 2 is 1.76 bits per heavy atom. The smallest absolute Gasteiger partial charge is 0.0470 e. The number of nitrogens with zero attached hydrogens (tertiary/aromatic N) is 1. The van der Waals surface area contributed by atoms with E-state index in [2.05, 4.69) is 29.3 Å². The van der Waals surface area contributed by atoms with Gasteiger partial charge in [-0.05, 0) is 37.8 Å². The first-order valence-corrected chi connectivity index (χ1v) is 8.67. The standard InChI is InChI=1S/C16H26N2S.2ClH/c1-13-7-8-15(19-13)16(14-5-3-2-4-6-14)18-11-9-17-10-12-18;;/h7-8,14,16-17H,2-6,9-12H2,1H3;2*1H/t16-;;/m0../s1. The molecule has 1 aliphatic heterocycles. The molecule has 0 aromatic carbocycles. The third-order valence-electron chi connectivity index (χ3n) is 4.69. The van der Waals surface area contributed by atoms with Crippen LogP contribution in [0.25, 0.3) is 0 Å². The molecule has 1 saturated carbocycles. The Morgan fingerprint density at radius 1 is 1.10 bits per heavy atom. The van der Waals surface area contributed by atoms with Gasteiger partial charge in [0.2, 0.25) is 0 Å². The van der Waals surface area contributed by atoms with Crippen molar-refractivity contribution in [2.75, 3.05) is 26.2 Å². The number of nitrogens with one attached hydrogen (secondary N) is 1. The van der Waals surface area contributed by atoms with Crippen LogP contribution in [0.1, 0.15) is 47.9 Å². The Kier molecular flexibility index (Phi) is 8.58. The van der Waals surface area contributed by atoms with E-state index >= 15 is 0 Å². The molecular formula is C16H28Cl2N2S. The van der Waals surface area contributed by atoms with Gasteiger partial charge in [-0.1, -0.05) is 19.3 Å². The summed E-state index contributed by atoms with van der Waals surface area (Å²) in [5, 5.41) is 3.49. The summed E-state index contributed by atoms with van der Waals surface area (Å²) < 4.78 is 0. The van der Waals surface area contributed by atoms with Gasteiger partial charge in [0.25, 0.3) is 0 Å². The summed E-state index contributed by atoms with van der Waals surface area (Å²) in [6.45, 7) is 7.00. The summed E-state index contributed by atoms with van der Waals surface area (Å²) in [5.41, 5.74) is 0. The third-order valence-corrected chi connectivity index (χ3v) is 5.77. The zero-order chi connectivity index (χ0) is 13.1. The van der Waals surface area contributed by atoms with Gasteiger partial charge < -0.3 is 5.32 Å². The minimum atomic E-state index is 0. The van der Waals surface area contributed by atoms with E-state index in [-0.39, 0.29) is 24.8 Å². The number of rotatable bonds is 3. The second kappa shape index (κ2) is 9.36. The maximum atomic E-state index is 3.49. The van der Waals surface area contributed by atoms with Gasteiger partial charge in [0, 0.05) is 42.0 Å². The van der Waals surface area contributed by atoms with E-state index < -0.39 is 0 Å². The van der Waals surface area contributed by atoms with E-state index in [4.69, 9.17) is 0 Å². The van der Waals surface area contributed by atoms with Crippen molar-refractivity contribution in [3.8, 4) is 0 Å². The summed E-state index contributed by atoms with van der Waals surface area (Å²) in [6, 6.07) is 5.39. The van der Waals surface area contributed by atoms with E-state index in [1.807, 2.05) is 11.3 Å². The Hall–Kier alpha value is 0.200. The molecule has 2 fully saturated rings. The van der Waals surface area contributed by atoms with E-state index in [0.717, 1.165) is 19.0 Å². The van der Waals surface area contributed by atoms with Crippen LogP contribution < -0.4 is 5.32 Å². The number of hydrogen-bond acceptors (Lipinski definition) is 3. The number of hydrogen-bond donors (Lipinski definition) is 1. The SMILES string of the molecule is Cc1ccc([C@H](C2CCCCC2)N2CCNCC2)s1.Cl.Cl. The zero-order valence-electron chi connectivity index (χ0n) is 12.8. The predicted octanol–water partition coefficient (Wildman–Crippen LogP) is 4.43. The van der Waals surface area contributed by atoms with E-state index in [9.17, 15) is 0 Å². The van der Waals surface area contributed by atoms with Gasteiger partial charge in [0.05, 0.1) is 0 Å². The highest BCUT2D eigenvalue weighted by Crippen LogP contribution is 2.40. The highest BCUT2D eigenvalue weighted by atomic mass is 35.5. The van der Waals surface area contributed by atoms with Gasteiger partial charge in [-0.3, -0.25) is 4.90 Å². The molecule has 0 radical (unpaired) electrons. The van der Waals surface area contributed by atoms with Crippen LogP contribution in [0.2, 0.25) is 0 Å². The fourth-order valence-electron chi connectivity index (χ4n) is 3.73. The molecule has 0 unspecified atom stereocenters. The van der Waals surface area contributed by atoms with Crippen molar-refractivity contribution in [1.29, 1.82) is 0 Å². The number of thiophene rings is 1. The summed E-state index contributed by atoms with van der Waals surface area (Å²) in [4.78, 5) is 5.83. The molecular weight excluding hydrogens is 323 g/mol. The lowest BCUT2D eigenvalue weighted by atomic mass is 9.82. The number of aryl methyl sites for hydroxylation is 1. The second-order valence-electron chi connectivity index (χ2n) is 6.08. The fraction of sp³-hybridized carbons (Fsp3) is 0.750. The molecule has 1 N–H and O–H groups in total. The molecule has 1 aromatic heterocycles. The monoisotopic (exact) mass is 350 g/mol. The van der Waals surface area contributed by atoms with E-state index in [0.29, 0.717) is 6.04 Å². The summed E-state index contributed by atoms with van der Waals surface area (Å²) >= 11 is 2.02. The minimum Gasteiger partial charge on any atom is -0.314 e. The van der Waals surface area contributed by atoms with Crippen molar-refractivity contribution in [2.45, 2.75) is 45.1 Å². The van der Waals surface area contributed by atoms with Gasteiger partial charge in [-0.25, -0.2) is 0 Å². The van der Waals surface area contributed by atoms with Gasteiger partial charge in [-0.15, -0.1) is 36.2 Å². The quantitative estimate of drug-likeness (QED) is 0.867. The first-order chi connectivity index (χ1) is 9.34. The first-order valence-electron chi connectivity index (χ1n) is 7.86. The summed E-state index contributed by atoms with van der Waals surface area (Å²) in [6.07, 6.45) is 7.21. The van der Waals surface area contributed by atoms with Crippen molar-refractivity contribution < 1.29 is 0 Å². The molecule has 0 amide bonds. The second-order valence-corrected chi connectivity index (χ2v) is 7.40. The molecule has 2 aliphatic rings. The van der Waals surface area contributed by atoms with Gasteiger partial charge in [0.15, 0.2) is 0 Å². The molecule has 1 aromatic rings. The van der Waals surface area contributed by atoms with Crippen LogP contribution in [-0.4, -0.2) is 31.1 Å².